The molecule has 1 aromatic carbocycles. The molecule has 2 aromatic rings. The van der Waals surface area contributed by atoms with E-state index in [0.29, 0.717) is 22.9 Å². The summed E-state index contributed by atoms with van der Waals surface area (Å²) >= 11 is 1.20. The normalized spacial score (nSPS) is 16.3. The SMILES string of the molecule is COC(=O)c1ccc(NC(=O)C2CCOc3ccccc32)s1. The standard InChI is InChI=1S/C16H15NO4S/c1-20-16(19)13-6-7-14(22-13)17-15(18)11-8-9-21-12-5-3-2-4-10(11)12/h2-7,11H,8-9H2,1H3,(H,17,18). The highest BCUT2D eigenvalue weighted by atomic mass is 32.1. The van der Waals surface area contributed by atoms with E-state index in [9.17, 15) is 9.59 Å². The van der Waals surface area contributed by atoms with Crippen LogP contribution >= 0.6 is 11.3 Å². The maximum atomic E-state index is 12.5. The summed E-state index contributed by atoms with van der Waals surface area (Å²) in [5.74, 6) is 0.0277. The van der Waals surface area contributed by atoms with E-state index in [2.05, 4.69) is 10.1 Å². The molecule has 1 N–H and O–H groups in total. The number of amides is 1. The number of anilines is 1. The van der Waals surface area contributed by atoms with Crippen LogP contribution in [0.25, 0.3) is 0 Å². The number of nitrogens with one attached hydrogen (secondary N) is 1. The third-order valence-corrected chi connectivity index (χ3v) is 4.49. The number of esters is 1. The Morgan fingerprint density at radius 3 is 2.91 bits per heavy atom. The Hall–Kier alpha value is -2.34. The van der Waals surface area contributed by atoms with Gasteiger partial charge in [0.25, 0.3) is 0 Å². The molecular formula is C16H15NO4S. The van der Waals surface area contributed by atoms with Gasteiger partial charge in [-0.15, -0.1) is 11.3 Å². The molecule has 22 heavy (non-hydrogen) atoms. The quantitative estimate of drug-likeness (QED) is 0.884. The maximum Gasteiger partial charge on any atom is 0.348 e. The van der Waals surface area contributed by atoms with Crippen molar-refractivity contribution in [3.63, 3.8) is 0 Å². The number of rotatable bonds is 3. The fourth-order valence-corrected chi connectivity index (χ4v) is 3.27. The number of hydrogen-bond donors (Lipinski definition) is 1. The minimum absolute atomic E-state index is 0.0889. The molecule has 1 atom stereocenters. The smallest absolute Gasteiger partial charge is 0.348 e. The van der Waals surface area contributed by atoms with Crippen LogP contribution in [0.2, 0.25) is 0 Å². The predicted octanol–water partition coefficient (Wildman–Crippen LogP) is 3.04. The molecule has 114 valence electrons. The lowest BCUT2D eigenvalue weighted by atomic mass is 9.92. The molecule has 1 amide bonds. The minimum Gasteiger partial charge on any atom is -0.493 e. The third-order valence-electron chi connectivity index (χ3n) is 3.51. The molecule has 6 heteroatoms. The zero-order valence-electron chi connectivity index (χ0n) is 12.0. The zero-order chi connectivity index (χ0) is 15.5. The van der Waals surface area contributed by atoms with Gasteiger partial charge in [-0.3, -0.25) is 4.79 Å². The van der Waals surface area contributed by atoms with Crippen molar-refractivity contribution in [1.29, 1.82) is 0 Å². The molecule has 0 aliphatic carbocycles. The van der Waals surface area contributed by atoms with Gasteiger partial charge < -0.3 is 14.8 Å². The Morgan fingerprint density at radius 2 is 2.09 bits per heavy atom. The second-order valence-corrected chi connectivity index (χ2v) is 5.96. The first-order valence-electron chi connectivity index (χ1n) is 6.90. The molecule has 0 saturated carbocycles. The summed E-state index contributed by atoms with van der Waals surface area (Å²) in [6.45, 7) is 0.521. The van der Waals surface area contributed by atoms with Gasteiger partial charge in [0.1, 0.15) is 10.6 Å². The summed E-state index contributed by atoms with van der Waals surface area (Å²) in [6, 6.07) is 10.9. The van der Waals surface area contributed by atoms with E-state index in [4.69, 9.17) is 4.74 Å². The fourth-order valence-electron chi connectivity index (χ4n) is 2.44. The number of carbonyl (C=O) groups excluding carboxylic acids is 2. The van der Waals surface area contributed by atoms with E-state index < -0.39 is 5.97 Å². The number of thiophene rings is 1. The van der Waals surface area contributed by atoms with Crippen molar-refractivity contribution in [1.82, 2.24) is 0 Å². The molecule has 1 aliphatic heterocycles. The van der Waals surface area contributed by atoms with Crippen LogP contribution in [0, 0.1) is 0 Å². The van der Waals surface area contributed by atoms with Gasteiger partial charge in [0.2, 0.25) is 5.91 Å². The summed E-state index contributed by atoms with van der Waals surface area (Å²) in [6.07, 6.45) is 0.637. The van der Waals surface area contributed by atoms with Gasteiger partial charge in [0.05, 0.1) is 24.6 Å². The number of para-hydroxylation sites is 1. The van der Waals surface area contributed by atoms with Crippen LogP contribution in [0.5, 0.6) is 5.75 Å². The maximum absolute atomic E-state index is 12.5. The van der Waals surface area contributed by atoms with Gasteiger partial charge in [-0.2, -0.15) is 0 Å². The predicted molar refractivity (Wildman–Crippen MR) is 83.6 cm³/mol. The average Bonchev–Trinajstić information content (AvgIpc) is 3.02. The van der Waals surface area contributed by atoms with Gasteiger partial charge >= 0.3 is 5.97 Å². The van der Waals surface area contributed by atoms with Crippen LogP contribution in [0.3, 0.4) is 0 Å². The van der Waals surface area contributed by atoms with E-state index >= 15 is 0 Å². The van der Waals surface area contributed by atoms with Gasteiger partial charge in [0.15, 0.2) is 0 Å². The number of benzene rings is 1. The van der Waals surface area contributed by atoms with E-state index in [0.717, 1.165) is 11.3 Å². The van der Waals surface area contributed by atoms with Crippen LogP contribution in [0.4, 0.5) is 5.00 Å². The van der Waals surface area contributed by atoms with Gasteiger partial charge in [-0.1, -0.05) is 18.2 Å². The molecule has 1 aliphatic rings. The highest BCUT2D eigenvalue weighted by Crippen LogP contribution is 2.34. The molecule has 2 heterocycles. The number of carbonyl (C=O) groups is 2. The van der Waals surface area contributed by atoms with Crippen LogP contribution in [0.1, 0.15) is 27.6 Å². The Morgan fingerprint density at radius 1 is 1.27 bits per heavy atom. The molecular weight excluding hydrogens is 302 g/mol. The summed E-state index contributed by atoms with van der Waals surface area (Å²) in [7, 11) is 1.33. The third kappa shape index (κ3) is 2.82. The second-order valence-electron chi connectivity index (χ2n) is 4.87. The van der Waals surface area contributed by atoms with E-state index in [1.165, 1.54) is 18.4 Å². The second kappa shape index (κ2) is 6.19. The van der Waals surface area contributed by atoms with Crippen molar-refractivity contribution < 1.29 is 19.1 Å². The lowest BCUT2D eigenvalue weighted by molar-refractivity contribution is -0.118. The molecule has 1 unspecified atom stereocenters. The fraction of sp³-hybridized carbons (Fsp3) is 0.250. The molecule has 5 nitrogen and oxygen atoms in total. The summed E-state index contributed by atoms with van der Waals surface area (Å²) < 4.78 is 10.2. The molecule has 3 rings (SSSR count). The minimum atomic E-state index is -0.401. The Balaban J connectivity index is 1.75. The van der Waals surface area contributed by atoms with E-state index in [1.54, 1.807) is 12.1 Å². The Bertz CT molecular complexity index is 710. The van der Waals surface area contributed by atoms with Crippen LogP contribution in [-0.4, -0.2) is 25.6 Å². The molecule has 0 fully saturated rings. The monoisotopic (exact) mass is 317 g/mol. The first-order chi connectivity index (χ1) is 10.7. The van der Waals surface area contributed by atoms with Gasteiger partial charge in [-0.25, -0.2) is 4.79 Å². The first kappa shape index (κ1) is 14.6. The largest absolute Gasteiger partial charge is 0.493 e. The van der Waals surface area contributed by atoms with Crippen molar-refractivity contribution in [3.8, 4) is 5.75 Å². The Kier molecular flexibility index (Phi) is 4.11. The molecule has 0 radical (unpaired) electrons. The Labute approximate surface area is 131 Å². The first-order valence-corrected chi connectivity index (χ1v) is 7.71. The summed E-state index contributed by atoms with van der Waals surface area (Å²) in [5, 5.41) is 3.50. The topological polar surface area (TPSA) is 64.6 Å². The lowest BCUT2D eigenvalue weighted by Gasteiger charge is -2.24. The lowest BCUT2D eigenvalue weighted by Crippen LogP contribution is -2.26. The number of fused-ring (bicyclic) bond motifs is 1. The number of ether oxygens (including phenoxy) is 2. The van der Waals surface area contributed by atoms with Crippen molar-refractivity contribution in [2.75, 3.05) is 19.0 Å². The van der Waals surface area contributed by atoms with Crippen molar-refractivity contribution in [2.24, 2.45) is 0 Å². The van der Waals surface area contributed by atoms with Crippen LogP contribution < -0.4 is 10.1 Å². The summed E-state index contributed by atoms with van der Waals surface area (Å²) in [4.78, 5) is 24.4. The van der Waals surface area contributed by atoms with Gasteiger partial charge in [-0.05, 0) is 24.6 Å². The van der Waals surface area contributed by atoms with Gasteiger partial charge in [0, 0.05) is 5.56 Å². The van der Waals surface area contributed by atoms with Crippen molar-refractivity contribution in [2.45, 2.75) is 12.3 Å². The average molecular weight is 317 g/mol. The summed E-state index contributed by atoms with van der Waals surface area (Å²) in [5.41, 5.74) is 0.899. The molecule has 1 aromatic heterocycles. The van der Waals surface area contributed by atoms with E-state index in [1.807, 2.05) is 24.3 Å². The zero-order valence-corrected chi connectivity index (χ0v) is 12.8. The molecule has 0 spiro atoms. The van der Waals surface area contributed by atoms with Crippen LogP contribution in [-0.2, 0) is 9.53 Å². The van der Waals surface area contributed by atoms with Crippen LogP contribution in [0.15, 0.2) is 36.4 Å². The highest BCUT2D eigenvalue weighted by Gasteiger charge is 2.27. The number of methoxy groups -OCH3 is 1. The van der Waals surface area contributed by atoms with E-state index in [-0.39, 0.29) is 11.8 Å². The van der Waals surface area contributed by atoms with Crippen molar-refractivity contribution >= 4 is 28.2 Å². The van der Waals surface area contributed by atoms with Crippen molar-refractivity contribution in [3.05, 3.63) is 46.8 Å². The molecule has 0 saturated heterocycles. The highest BCUT2D eigenvalue weighted by molar-refractivity contribution is 7.18. The molecule has 0 bridgehead atoms. The number of hydrogen-bond acceptors (Lipinski definition) is 5.